The second kappa shape index (κ2) is 7.28. The average molecular weight is 373 g/mol. The molecule has 0 saturated carbocycles. The van der Waals surface area contributed by atoms with Crippen LogP contribution < -0.4 is 10.1 Å². The van der Waals surface area contributed by atoms with Gasteiger partial charge < -0.3 is 4.74 Å². The van der Waals surface area contributed by atoms with E-state index in [9.17, 15) is 9.59 Å². The van der Waals surface area contributed by atoms with E-state index in [1.165, 1.54) is 0 Å². The maximum atomic E-state index is 12.4. The Bertz CT molecular complexity index is 1160. The summed E-state index contributed by atoms with van der Waals surface area (Å²) in [6, 6.07) is 19.0. The fraction of sp³-hybridized carbons (Fsp3) is 0.0500. The molecule has 0 unspecified atom stereocenters. The van der Waals surface area contributed by atoms with Crippen molar-refractivity contribution in [3.05, 3.63) is 83.6 Å². The number of aryl methyl sites for hydroxylation is 1. The lowest BCUT2D eigenvalue weighted by atomic mass is 10.2. The smallest absolute Gasteiger partial charge is 0.344 e. The number of carbonyl (C=O) groups is 2. The number of nitrogens with zero attached hydrogens (tertiary/aromatic N) is 4. The molecule has 0 aliphatic heterocycles. The normalized spacial score (nSPS) is 10.6. The van der Waals surface area contributed by atoms with E-state index < -0.39 is 5.97 Å². The van der Waals surface area contributed by atoms with Crippen molar-refractivity contribution in [1.82, 2.24) is 19.6 Å². The van der Waals surface area contributed by atoms with Crippen molar-refractivity contribution >= 4 is 23.6 Å². The predicted molar refractivity (Wildman–Crippen MR) is 101 cm³/mol. The molecule has 0 aliphatic rings. The molecule has 4 aromatic rings. The molecule has 1 N–H and O–H groups in total. The molecule has 2 aromatic carbocycles. The van der Waals surface area contributed by atoms with Crippen LogP contribution in [-0.2, 0) is 0 Å². The lowest BCUT2D eigenvalue weighted by Gasteiger charge is -2.08. The maximum absolute atomic E-state index is 12.4. The molecule has 0 fully saturated rings. The Labute approximate surface area is 159 Å². The van der Waals surface area contributed by atoms with Crippen LogP contribution in [0.25, 0.3) is 5.78 Å². The van der Waals surface area contributed by atoms with Crippen molar-refractivity contribution in [3.8, 4) is 5.88 Å². The minimum Gasteiger partial charge on any atom is -0.404 e. The van der Waals surface area contributed by atoms with Gasteiger partial charge in [0, 0.05) is 17.3 Å². The number of esters is 1. The number of carbonyl (C=O) groups excluding carboxylic acids is 2. The number of rotatable bonds is 4. The van der Waals surface area contributed by atoms with Crippen molar-refractivity contribution in [2.75, 3.05) is 5.32 Å². The molecule has 1 amide bonds. The fourth-order valence-corrected chi connectivity index (χ4v) is 2.67. The molecule has 0 atom stereocenters. The summed E-state index contributed by atoms with van der Waals surface area (Å²) >= 11 is 0. The van der Waals surface area contributed by atoms with Gasteiger partial charge in [-0.25, -0.2) is 9.20 Å². The number of anilines is 1. The number of hydrogen-bond acceptors (Lipinski definition) is 6. The second-order valence-corrected chi connectivity index (χ2v) is 5.97. The quantitative estimate of drug-likeness (QED) is 0.552. The molecular weight excluding hydrogens is 358 g/mol. The fourth-order valence-electron chi connectivity index (χ4n) is 2.67. The van der Waals surface area contributed by atoms with Crippen molar-refractivity contribution < 1.29 is 14.3 Å². The molecule has 0 aliphatic carbocycles. The monoisotopic (exact) mass is 373 g/mol. The lowest BCUT2D eigenvalue weighted by molar-refractivity contribution is 0.0727. The zero-order valence-corrected chi connectivity index (χ0v) is 14.9. The first-order valence-electron chi connectivity index (χ1n) is 8.48. The van der Waals surface area contributed by atoms with Crippen LogP contribution in [0, 0.1) is 6.92 Å². The van der Waals surface area contributed by atoms with Gasteiger partial charge in [0.05, 0.1) is 5.56 Å². The van der Waals surface area contributed by atoms with Crippen molar-refractivity contribution in [1.29, 1.82) is 0 Å². The lowest BCUT2D eigenvalue weighted by Crippen LogP contribution is -2.15. The van der Waals surface area contributed by atoms with Gasteiger partial charge in [0.25, 0.3) is 11.7 Å². The molecule has 0 saturated heterocycles. The van der Waals surface area contributed by atoms with Gasteiger partial charge in [-0.1, -0.05) is 36.4 Å². The van der Waals surface area contributed by atoms with Crippen LogP contribution in [0.5, 0.6) is 5.88 Å². The van der Waals surface area contributed by atoms with Crippen LogP contribution in [0.2, 0.25) is 0 Å². The minimum atomic E-state index is -0.519. The second-order valence-electron chi connectivity index (χ2n) is 5.97. The highest BCUT2D eigenvalue weighted by Crippen LogP contribution is 2.18. The van der Waals surface area contributed by atoms with Gasteiger partial charge in [-0.05, 0) is 31.2 Å². The molecule has 0 radical (unpaired) electrons. The SMILES string of the molecule is Cc1cc(OC(=O)c2ccccc2)nc2nnc(NC(=O)c3ccccc3)n12. The van der Waals surface area contributed by atoms with Gasteiger partial charge in [-0.2, -0.15) is 4.98 Å². The predicted octanol–water partition coefficient (Wildman–Crippen LogP) is 2.90. The molecule has 0 spiro atoms. The number of nitrogens with one attached hydrogen (secondary N) is 1. The van der Waals surface area contributed by atoms with Crippen LogP contribution in [0.3, 0.4) is 0 Å². The van der Waals surface area contributed by atoms with Gasteiger partial charge in [0.1, 0.15) is 0 Å². The van der Waals surface area contributed by atoms with Gasteiger partial charge in [0.15, 0.2) is 0 Å². The molecule has 4 rings (SSSR count). The van der Waals surface area contributed by atoms with Crippen molar-refractivity contribution in [2.45, 2.75) is 6.92 Å². The summed E-state index contributed by atoms with van der Waals surface area (Å²) in [6.45, 7) is 1.77. The Hall–Kier alpha value is -4.07. The maximum Gasteiger partial charge on any atom is 0.344 e. The van der Waals surface area contributed by atoms with Gasteiger partial charge in [0.2, 0.25) is 11.8 Å². The third-order valence-electron chi connectivity index (χ3n) is 4.01. The highest BCUT2D eigenvalue weighted by molar-refractivity contribution is 6.03. The Morgan fingerprint density at radius 1 is 0.929 bits per heavy atom. The van der Waals surface area contributed by atoms with Crippen LogP contribution in [-0.4, -0.2) is 31.5 Å². The molecule has 8 heteroatoms. The summed E-state index contributed by atoms with van der Waals surface area (Å²) in [5, 5.41) is 10.7. The summed E-state index contributed by atoms with van der Waals surface area (Å²) in [5.74, 6) is -0.288. The number of benzene rings is 2. The Morgan fingerprint density at radius 2 is 1.57 bits per heavy atom. The molecule has 2 aromatic heterocycles. The molecular formula is C20H15N5O3. The van der Waals surface area contributed by atoms with Crippen LogP contribution in [0.15, 0.2) is 66.7 Å². The number of hydrogen-bond donors (Lipinski definition) is 1. The van der Waals surface area contributed by atoms with Crippen LogP contribution >= 0.6 is 0 Å². The van der Waals surface area contributed by atoms with Gasteiger partial charge >= 0.3 is 5.97 Å². The number of aromatic nitrogens is 4. The van der Waals surface area contributed by atoms with E-state index in [0.717, 1.165) is 0 Å². The number of fused-ring (bicyclic) bond motifs is 1. The number of amides is 1. The standard InChI is InChI=1S/C20H15N5O3/c1-13-12-16(28-18(27)15-10-6-3-7-11-15)21-19-23-24-20(25(13)19)22-17(26)14-8-4-2-5-9-14/h2-12H,1H3,(H,22,24,26). The van der Waals surface area contributed by atoms with Crippen LogP contribution in [0.1, 0.15) is 26.4 Å². The molecule has 2 heterocycles. The van der Waals surface area contributed by atoms with Crippen molar-refractivity contribution in [3.63, 3.8) is 0 Å². The van der Waals surface area contributed by atoms with Gasteiger partial charge in [-0.3, -0.25) is 10.1 Å². The molecule has 138 valence electrons. The third kappa shape index (κ3) is 3.43. The largest absolute Gasteiger partial charge is 0.404 e. The summed E-state index contributed by atoms with van der Waals surface area (Å²) in [4.78, 5) is 28.8. The van der Waals surface area contributed by atoms with E-state index in [4.69, 9.17) is 4.74 Å². The van der Waals surface area contributed by atoms with Crippen molar-refractivity contribution in [2.24, 2.45) is 0 Å². The highest BCUT2D eigenvalue weighted by Gasteiger charge is 2.16. The first-order valence-corrected chi connectivity index (χ1v) is 8.48. The Kier molecular flexibility index (Phi) is 4.51. The zero-order chi connectivity index (χ0) is 19.5. The summed E-state index contributed by atoms with van der Waals surface area (Å²) in [6.07, 6.45) is 0. The van der Waals surface area contributed by atoms with Gasteiger partial charge in [-0.15, -0.1) is 10.2 Å². The summed E-state index contributed by atoms with van der Waals surface area (Å²) in [7, 11) is 0. The first kappa shape index (κ1) is 17.3. The summed E-state index contributed by atoms with van der Waals surface area (Å²) in [5.41, 5.74) is 1.56. The van der Waals surface area contributed by atoms with E-state index in [0.29, 0.717) is 16.8 Å². The van der Waals surface area contributed by atoms with E-state index >= 15 is 0 Å². The third-order valence-corrected chi connectivity index (χ3v) is 4.01. The van der Waals surface area contributed by atoms with Crippen LogP contribution in [0.4, 0.5) is 5.95 Å². The zero-order valence-electron chi connectivity index (χ0n) is 14.9. The van der Waals surface area contributed by atoms with E-state index in [2.05, 4.69) is 20.5 Å². The molecule has 28 heavy (non-hydrogen) atoms. The Morgan fingerprint density at radius 3 is 2.25 bits per heavy atom. The molecule has 8 nitrogen and oxygen atoms in total. The topological polar surface area (TPSA) is 98.5 Å². The average Bonchev–Trinajstić information content (AvgIpc) is 3.12. The molecule has 0 bridgehead atoms. The van der Waals surface area contributed by atoms with E-state index in [1.807, 2.05) is 12.1 Å². The first-order chi connectivity index (χ1) is 13.6. The van der Waals surface area contributed by atoms with E-state index in [1.54, 1.807) is 65.9 Å². The highest BCUT2D eigenvalue weighted by atomic mass is 16.5. The minimum absolute atomic E-state index is 0.104. The Balaban J connectivity index is 1.59. The van der Waals surface area contributed by atoms with E-state index in [-0.39, 0.29) is 23.5 Å². The number of ether oxygens (including phenoxy) is 1. The summed E-state index contributed by atoms with van der Waals surface area (Å²) < 4.78 is 6.90.